The molecule has 1 saturated heterocycles. The number of nitrogens with zero attached hydrogens (tertiary/aromatic N) is 3. The van der Waals surface area contributed by atoms with Gasteiger partial charge in [0.2, 0.25) is 0 Å². The highest BCUT2D eigenvalue weighted by Crippen LogP contribution is 2.23. The number of aromatic nitrogens is 3. The fraction of sp³-hybridized carbons (Fsp3) is 0.538. The third kappa shape index (κ3) is 2.25. The zero-order valence-electron chi connectivity index (χ0n) is 10.9. The molecule has 1 unspecified atom stereocenters. The molecule has 0 aromatic carbocycles. The van der Waals surface area contributed by atoms with Crippen molar-refractivity contribution >= 4 is 21.0 Å². The average Bonchev–Trinajstić information content (AvgIpc) is 2.70. The van der Waals surface area contributed by atoms with Crippen LogP contribution in [0.15, 0.2) is 18.3 Å². The van der Waals surface area contributed by atoms with Gasteiger partial charge in [0.1, 0.15) is 11.3 Å². The highest BCUT2D eigenvalue weighted by Gasteiger charge is 2.30. The quantitative estimate of drug-likeness (QED) is 0.835. The van der Waals surface area contributed by atoms with Crippen molar-refractivity contribution < 1.29 is 8.42 Å². The third-order valence-electron chi connectivity index (χ3n) is 3.84. The maximum atomic E-state index is 12.1. The Morgan fingerprint density at radius 2 is 2.26 bits per heavy atom. The standard InChI is InChI=1S/C13H17N3O2S/c1-16-12(15-11-6-4-7-14-13(11)16)9-10-5-2-3-8-19(10,17)18/h4,6-7,10H,2-3,5,8-9H2,1H3. The number of rotatable bonds is 2. The van der Waals surface area contributed by atoms with E-state index in [1.807, 2.05) is 23.7 Å². The Morgan fingerprint density at radius 1 is 1.42 bits per heavy atom. The van der Waals surface area contributed by atoms with Gasteiger partial charge in [-0.15, -0.1) is 0 Å². The molecular formula is C13H17N3O2S. The van der Waals surface area contributed by atoms with E-state index >= 15 is 0 Å². The van der Waals surface area contributed by atoms with Crippen molar-refractivity contribution in [1.29, 1.82) is 0 Å². The van der Waals surface area contributed by atoms with Crippen molar-refractivity contribution in [1.82, 2.24) is 14.5 Å². The van der Waals surface area contributed by atoms with Gasteiger partial charge in [-0.2, -0.15) is 0 Å². The molecule has 0 N–H and O–H groups in total. The zero-order chi connectivity index (χ0) is 13.5. The molecular weight excluding hydrogens is 262 g/mol. The van der Waals surface area contributed by atoms with E-state index < -0.39 is 9.84 Å². The molecule has 0 spiro atoms. The molecule has 3 rings (SSSR count). The van der Waals surface area contributed by atoms with Crippen LogP contribution in [0.4, 0.5) is 0 Å². The van der Waals surface area contributed by atoms with Gasteiger partial charge in [-0.1, -0.05) is 6.42 Å². The van der Waals surface area contributed by atoms with E-state index in [9.17, 15) is 8.42 Å². The fourth-order valence-corrected chi connectivity index (χ4v) is 4.58. The smallest absolute Gasteiger partial charge is 0.159 e. The van der Waals surface area contributed by atoms with Crippen LogP contribution in [0.2, 0.25) is 0 Å². The van der Waals surface area contributed by atoms with E-state index in [0.717, 1.165) is 36.3 Å². The van der Waals surface area contributed by atoms with Crippen molar-refractivity contribution in [3.63, 3.8) is 0 Å². The van der Waals surface area contributed by atoms with Gasteiger partial charge in [0.15, 0.2) is 15.5 Å². The van der Waals surface area contributed by atoms with Gasteiger partial charge in [-0.05, 0) is 25.0 Å². The summed E-state index contributed by atoms with van der Waals surface area (Å²) in [6.45, 7) is 0. The highest BCUT2D eigenvalue weighted by atomic mass is 32.2. The molecule has 5 nitrogen and oxygen atoms in total. The number of pyridine rings is 1. The molecule has 0 aliphatic carbocycles. The molecule has 1 fully saturated rings. The molecule has 0 bridgehead atoms. The first kappa shape index (κ1) is 12.6. The summed E-state index contributed by atoms with van der Waals surface area (Å²) in [7, 11) is -1.05. The van der Waals surface area contributed by atoms with E-state index in [2.05, 4.69) is 9.97 Å². The maximum Gasteiger partial charge on any atom is 0.159 e. The van der Waals surface area contributed by atoms with Gasteiger partial charge in [0.05, 0.1) is 11.0 Å². The topological polar surface area (TPSA) is 64.8 Å². The summed E-state index contributed by atoms with van der Waals surface area (Å²) in [6.07, 6.45) is 4.76. The first-order valence-corrected chi connectivity index (χ1v) is 8.27. The first-order chi connectivity index (χ1) is 9.08. The molecule has 1 atom stereocenters. The van der Waals surface area contributed by atoms with Crippen LogP contribution in [0.5, 0.6) is 0 Å². The minimum absolute atomic E-state index is 0.281. The number of hydrogen-bond acceptors (Lipinski definition) is 4. The Hall–Kier alpha value is -1.43. The Bertz CT molecular complexity index is 706. The largest absolute Gasteiger partial charge is 0.316 e. The van der Waals surface area contributed by atoms with Crippen molar-refractivity contribution in [2.45, 2.75) is 30.9 Å². The molecule has 2 aromatic rings. The van der Waals surface area contributed by atoms with E-state index in [-0.39, 0.29) is 5.25 Å². The predicted molar refractivity (Wildman–Crippen MR) is 73.6 cm³/mol. The molecule has 102 valence electrons. The summed E-state index contributed by atoms with van der Waals surface area (Å²) in [4.78, 5) is 8.79. The molecule has 2 aromatic heterocycles. The summed E-state index contributed by atoms with van der Waals surface area (Å²) in [6, 6.07) is 3.75. The van der Waals surface area contributed by atoms with Crippen LogP contribution in [0.1, 0.15) is 25.1 Å². The maximum absolute atomic E-state index is 12.1. The number of fused-ring (bicyclic) bond motifs is 1. The second-order valence-corrected chi connectivity index (χ2v) is 7.52. The summed E-state index contributed by atoms with van der Waals surface area (Å²) in [5.41, 5.74) is 1.64. The van der Waals surface area contributed by atoms with Crippen molar-refractivity contribution in [2.24, 2.45) is 7.05 Å². The van der Waals surface area contributed by atoms with Crippen molar-refractivity contribution in [3.05, 3.63) is 24.2 Å². The molecule has 0 saturated carbocycles. The summed E-state index contributed by atoms with van der Waals surface area (Å²) in [5.74, 6) is 1.13. The Kier molecular flexibility index (Phi) is 3.05. The summed E-state index contributed by atoms with van der Waals surface area (Å²) in [5, 5.41) is -0.281. The van der Waals surface area contributed by atoms with Crippen LogP contribution >= 0.6 is 0 Å². The highest BCUT2D eigenvalue weighted by molar-refractivity contribution is 7.92. The first-order valence-electron chi connectivity index (χ1n) is 6.56. The molecule has 19 heavy (non-hydrogen) atoms. The van der Waals surface area contributed by atoms with Gasteiger partial charge in [0, 0.05) is 19.7 Å². The molecule has 0 amide bonds. The Morgan fingerprint density at radius 3 is 3.00 bits per heavy atom. The molecule has 3 heterocycles. The van der Waals surface area contributed by atoms with Gasteiger partial charge in [-0.25, -0.2) is 18.4 Å². The number of sulfone groups is 1. The normalized spacial score (nSPS) is 22.7. The van der Waals surface area contributed by atoms with Gasteiger partial charge < -0.3 is 4.57 Å². The second kappa shape index (κ2) is 4.59. The lowest BCUT2D eigenvalue weighted by molar-refractivity contribution is 0.532. The van der Waals surface area contributed by atoms with Crippen molar-refractivity contribution in [2.75, 3.05) is 5.75 Å². The fourth-order valence-electron chi connectivity index (χ4n) is 2.71. The lowest BCUT2D eigenvalue weighted by atomic mass is 10.1. The van der Waals surface area contributed by atoms with Gasteiger partial charge >= 0.3 is 0 Å². The minimum atomic E-state index is -2.95. The zero-order valence-corrected chi connectivity index (χ0v) is 11.7. The molecule has 6 heteroatoms. The van der Waals surface area contributed by atoms with E-state index in [0.29, 0.717) is 12.2 Å². The number of hydrogen-bond donors (Lipinski definition) is 0. The van der Waals surface area contributed by atoms with E-state index in [4.69, 9.17) is 0 Å². The van der Waals surface area contributed by atoms with Crippen LogP contribution in [-0.2, 0) is 23.3 Å². The molecule has 1 aliphatic rings. The average molecular weight is 279 g/mol. The molecule has 1 aliphatic heterocycles. The Balaban J connectivity index is 1.95. The van der Waals surface area contributed by atoms with Crippen LogP contribution in [0.3, 0.4) is 0 Å². The molecule has 0 radical (unpaired) electrons. The van der Waals surface area contributed by atoms with Crippen LogP contribution in [0.25, 0.3) is 11.2 Å². The summed E-state index contributed by atoms with van der Waals surface area (Å²) < 4.78 is 26.0. The van der Waals surface area contributed by atoms with Crippen LogP contribution < -0.4 is 0 Å². The van der Waals surface area contributed by atoms with E-state index in [1.165, 1.54) is 0 Å². The lowest BCUT2D eigenvalue weighted by Gasteiger charge is -2.21. The third-order valence-corrected chi connectivity index (χ3v) is 6.12. The van der Waals surface area contributed by atoms with Gasteiger partial charge in [-0.3, -0.25) is 0 Å². The van der Waals surface area contributed by atoms with E-state index in [1.54, 1.807) is 6.20 Å². The summed E-state index contributed by atoms with van der Waals surface area (Å²) >= 11 is 0. The van der Waals surface area contributed by atoms with Gasteiger partial charge in [0.25, 0.3) is 0 Å². The van der Waals surface area contributed by atoms with Crippen LogP contribution in [0, 0.1) is 0 Å². The van der Waals surface area contributed by atoms with Crippen LogP contribution in [-0.4, -0.2) is 34.0 Å². The number of aryl methyl sites for hydroxylation is 1. The predicted octanol–water partition coefficient (Wildman–Crippen LogP) is 1.48. The van der Waals surface area contributed by atoms with Crippen molar-refractivity contribution in [3.8, 4) is 0 Å². The number of imidazole rings is 1. The SMILES string of the molecule is Cn1c(CC2CCCCS2(=O)=O)nc2cccnc21. The lowest BCUT2D eigenvalue weighted by Crippen LogP contribution is -2.31. The minimum Gasteiger partial charge on any atom is -0.316 e. The monoisotopic (exact) mass is 279 g/mol. The Labute approximate surface area is 112 Å². The second-order valence-electron chi connectivity index (χ2n) is 5.12.